The number of rotatable bonds is 4. The van der Waals surface area contributed by atoms with E-state index in [9.17, 15) is 0 Å². The van der Waals surface area contributed by atoms with Gasteiger partial charge >= 0.3 is 0 Å². The maximum Gasteiger partial charge on any atom is 0.207 e. The standard InChI is InChI=1S/C17H20N4/c1-12(2)10-19-17-20-13(3)11-21(17)15-6-7-16-14(9-15)5-4-8-18-16/h4-9,11-12H,10H2,1-3H3,(H,19,20). The Hall–Kier alpha value is -2.36. The van der Waals surface area contributed by atoms with Gasteiger partial charge in [0.2, 0.25) is 5.95 Å². The molecule has 0 aliphatic rings. The van der Waals surface area contributed by atoms with Crippen molar-refractivity contribution in [3.05, 3.63) is 48.4 Å². The number of aromatic nitrogens is 3. The van der Waals surface area contributed by atoms with Gasteiger partial charge in [-0.15, -0.1) is 0 Å². The number of anilines is 1. The molecule has 0 saturated heterocycles. The first-order valence-corrected chi connectivity index (χ1v) is 7.28. The number of hydrogen-bond donors (Lipinski definition) is 1. The van der Waals surface area contributed by atoms with E-state index in [2.05, 4.69) is 58.1 Å². The highest BCUT2D eigenvalue weighted by atomic mass is 15.2. The lowest BCUT2D eigenvalue weighted by Gasteiger charge is -2.11. The predicted molar refractivity (Wildman–Crippen MR) is 86.9 cm³/mol. The predicted octanol–water partition coefficient (Wildman–Crippen LogP) is 3.80. The highest BCUT2D eigenvalue weighted by molar-refractivity contribution is 5.80. The Morgan fingerprint density at radius 2 is 2.10 bits per heavy atom. The van der Waals surface area contributed by atoms with Crippen LogP contribution in [0, 0.1) is 12.8 Å². The van der Waals surface area contributed by atoms with Crippen LogP contribution in [0.5, 0.6) is 0 Å². The number of nitrogens with zero attached hydrogens (tertiary/aromatic N) is 3. The van der Waals surface area contributed by atoms with Gasteiger partial charge in [0, 0.05) is 30.0 Å². The first-order chi connectivity index (χ1) is 10.1. The summed E-state index contributed by atoms with van der Waals surface area (Å²) in [6.45, 7) is 7.30. The first kappa shape index (κ1) is 13.6. The van der Waals surface area contributed by atoms with E-state index < -0.39 is 0 Å². The van der Waals surface area contributed by atoms with Crippen LogP contribution in [0.15, 0.2) is 42.7 Å². The number of benzene rings is 1. The third kappa shape index (κ3) is 2.89. The minimum absolute atomic E-state index is 0.580. The van der Waals surface area contributed by atoms with Crippen molar-refractivity contribution in [1.29, 1.82) is 0 Å². The van der Waals surface area contributed by atoms with E-state index in [4.69, 9.17) is 0 Å². The van der Waals surface area contributed by atoms with Gasteiger partial charge in [0.25, 0.3) is 0 Å². The number of fused-ring (bicyclic) bond motifs is 1. The van der Waals surface area contributed by atoms with Crippen LogP contribution in [0.1, 0.15) is 19.5 Å². The van der Waals surface area contributed by atoms with E-state index in [0.29, 0.717) is 5.92 Å². The van der Waals surface area contributed by atoms with Gasteiger partial charge in [0.05, 0.1) is 11.2 Å². The zero-order valence-electron chi connectivity index (χ0n) is 12.7. The highest BCUT2D eigenvalue weighted by Crippen LogP contribution is 2.21. The molecule has 0 unspecified atom stereocenters. The van der Waals surface area contributed by atoms with Crippen LogP contribution in [0.25, 0.3) is 16.6 Å². The van der Waals surface area contributed by atoms with Gasteiger partial charge in [-0.3, -0.25) is 9.55 Å². The first-order valence-electron chi connectivity index (χ1n) is 7.28. The van der Waals surface area contributed by atoms with E-state index in [1.165, 1.54) is 0 Å². The van der Waals surface area contributed by atoms with Crippen molar-refractivity contribution in [3.63, 3.8) is 0 Å². The lowest BCUT2D eigenvalue weighted by molar-refractivity contribution is 0.683. The third-order valence-electron chi connectivity index (χ3n) is 3.36. The minimum atomic E-state index is 0.580. The fourth-order valence-corrected chi connectivity index (χ4v) is 2.33. The summed E-state index contributed by atoms with van der Waals surface area (Å²) in [6.07, 6.45) is 3.87. The maximum atomic E-state index is 4.58. The summed E-state index contributed by atoms with van der Waals surface area (Å²) in [5, 5.41) is 4.55. The molecule has 4 heteroatoms. The quantitative estimate of drug-likeness (QED) is 0.790. The van der Waals surface area contributed by atoms with E-state index in [-0.39, 0.29) is 0 Å². The average molecular weight is 280 g/mol. The zero-order chi connectivity index (χ0) is 14.8. The molecule has 21 heavy (non-hydrogen) atoms. The van der Waals surface area contributed by atoms with Gasteiger partial charge in [-0.25, -0.2) is 4.98 Å². The van der Waals surface area contributed by atoms with Gasteiger partial charge < -0.3 is 5.32 Å². The topological polar surface area (TPSA) is 42.7 Å². The second-order valence-electron chi connectivity index (χ2n) is 5.73. The summed E-state index contributed by atoms with van der Waals surface area (Å²) in [5.74, 6) is 1.47. The summed E-state index contributed by atoms with van der Waals surface area (Å²) < 4.78 is 2.10. The average Bonchev–Trinajstić information content (AvgIpc) is 2.85. The molecule has 0 spiro atoms. The summed E-state index contributed by atoms with van der Waals surface area (Å²) >= 11 is 0. The Kier molecular flexibility index (Phi) is 3.60. The number of imidazole rings is 1. The Balaban J connectivity index is 2.01. The van der Waals surface area contributed by atoms with Crippen LogP contribution in [-0.4, -0.2) is 21.1 Å². The van der Waals surface area contributed by atoms with Gasteiger partial charge in [-0.05, 0) is 37.1 Å². The van der Waals surface area contributed by atoms with Crippen molar-refractivity contribution >= 4 is 16.9 Å². The van der Waals surface area contributed by atoms with Crippen molar-refractivity contribution < 1.29 is 0 Å². The third-order valence-corrected chi connectivity index (χ3v) is 3.36. The number of nitrogens with one attached hydrogen (secondary N) is 1. The lowest BCUT2D eigenvalue weighted by atomic mass is 10.2. The van der Waals surface area contributed by atoms with Crippen molar-refractivity contribution in [3.8, 4) is 5.69 Å². The second kappa shape index (κ2) is 5.56. The van der Waals surface area contributed by atoms with Gasteiger partial charge in [-0.1, -0.05) is 19.9 Å². The molecule has 0 aliphatic heterocycles. The minimum Gasteiger partial charge on any atom is -0.355 e. The van der Waals surface area contributed by atoms with Gasteiger partial charge in [-0.2, -0.15) is 0 Å². The molecule has 0 aliphatic carbocycles. The fourth-order valence-electron chi connectivity index (χ4n) is 2.33. The summed E-state index contributed by atoms with van der Waals surface area (Å²) in [4.78, 5) is 8.94. The Labute approximate surface area is 124 Å². The van der Waals surface area contributed by atoms with Crippen LogP contribution < -0.4 is 5.32 Å². The molecule has 1 aromatic carbocycles. The van der Waals surface area contributed by atoms with Crippen molar-refractivity contribution in [2.45, 2.75) is 20.8 Å². The normalized spacial score (nSPS) is 11.2. The molecule has 0 saturated carbocycles. The highest BCUT2D eigenvalue weighted by Gasteiger charge is 2.08. The smallest absolute Gasteiger partial charge is 0.207 e. The van der Waals surface area contributed by atoms with Crippen molar-refractivity contribution in [2.24, 2.45) is 5.92 Å². The molecule has 2 heterocycles. The van der Waals surface area contributed by atoms with Crippen LogP contribution >= 0.6 is 0 Å². The van der Waals surface area contributed by atoms with Crippen LogP contribution in [-0.2, 0) is 0 Å². The molecule has 0 atom stereocenters. The lowest BCUT2D eigenvalue weighted by Crippen LogP contribution is -2.12. The Morgan fingerprint density at radius 1 is 1.24 bits per heavy atom. The maximum absolute atomic E-state index is 4.58. The molecular formula is C17H20N4. The van der Waals surface area contributed by atoms with Crippen molar-refractivity contribution in [2.75, 3.05) is 11.9 Å². The van der Waals surface area contributed by atoms with Gasteiger partial charge in [0.1, 0.15) is 0 Å². The van der Waals surface area contributed by atoms with Crippen LogP contribution in [0.2, 0.25) is 0 Å². The van der Waals surface area contributed by atoms with Gasteiger partial charge in [0.15, 0.2) is 0 Å². The number of aryl methyl sites for hydroxylation is 1. The molecule has 1 N–H and O–H groups in total. The molecule has 2 aromatic heterocycles. The molecule has 4 nitrogen and oxygen atoms in total. The molecule has 0 bridgehead atoms. The second-order valence-corrected chi connectivity index (χ2v) is 5.73. The van der Waals surface area contributed by atoms with Crippen LogP contribution in [0.4, 0.5) is 5.95 Å². The van der Waals surface area contributed by atoms with E-state index >= 15 is 0 Å². The van der Waals surface area contributed by atoms with E-state index in [0.717, 1.165) is 34.8 Å². The summed E-state index contributed by atoms with van der Waals surface area (Å²) in [7, 11) is 0. The molecule has 0 amide bonds. The molecule has 108 valence electrons. The molecule has 0 radical (unpaired) electrons. The SMILES string of the molecule is Cc1cn(-c2ccc3ncccc3c2)c(NCC(C)C)n1. The summed E-state index contributed by atoms with van der Waals surface area (Å²) in [6, 6.07) is 10.3. The molecular weight excluding hydrogens is 260 g/mol. The number of hydrogen-bond acceptors (Lipinski definition) is 3. The monoisotopic (exact) mass is 280 g/mol. The fraction of sp³-hybridized carbons (Fsp3) is 0.294. The number of pyridine rings is 1. The van der Waals surface area contributed by atoms with E-state index in [1.807, 2.05) is 25.3 Å². The molecule has 0 fully saturated rings. The Bertz CT molecular complexity index is 758. The van der Waals surface area contributed by atoms with Crippen LogP contribution in [0.3, 0.4) is 0 Å². The van der Waals surface area contributed by atoms with E-state index in [1.54, 1.807) is 0 Å². The summed E-state index contributed by atoms with van der Waals surface area (Å²) in [5.41, 5.74) is 3.12. The Morgan fingerprint density at radius 3 is 2.90 bits per heavy atom. The molecule has 3 rings (SSSR count). The largest absolute Gasteiger partial charge is 0.355 e. The zero-order valence-corrected chi connectivity index (χ0v) is 12.7. The van der Waals surface area contributed by atoms with Crippen molar-refractivity contribution in [1.82, 2.24) is 14.5 Å². The molecule has 3 aromatic rings.